The lowest BCUT2D eigenvalue weighted by Crippen LogP contribution is -2.27. The number of hydrogen-bond donors (Lipinski definition) is 0. The molecule has 0 spiro atoms. The third-order valence-electron chi connectivity index (χ3n) is 4.49. The third kappa shape index (κ3) is 4.07. The minimum Gasteiger partial charge on any atom is -0.268 e. The molecule has 3 rings (SSSR count). The van der Waals surface area contributed by atoms with Crippen LogP contribution in [0.2, 0.25) is 0 Å². The van der Waals surface area contributed by atoms with Gasteiger partial charge in [0, 0.05) is 0 Å². The van der Waals surface area contributed by atoms with Gasteiger partial charge in [-0.05, 0) is 65.9 Å². The van der Waals surface area contributed by atoms with E-state index >= 15 is 0 Å². The zero-order valence-electron chi connectivity index (χ0n) is 15.2. The minimum atomic E-state index is -0.249. The van der Waals surface area contributed by atoms with Gasteiger partial charge in [-0.1, -0.05) is 56.7 Å². The van der Waals surface area contributed by atoms with Gasteiger partial charge in [0.15, 0.2) is 0 Å². The lowest BCUT2D eigenvalue weighted by molar-refractivity contribution is -0.113. The van der Waals surface area contributed by atoms with E-state index in [1.54, 1.807) is 6.08 Å². The van der Waals surface area contributed by atoms with E-state index in [1.807, 2.05) is 48.5 Å². The van der Waals surface area contributed by atoms with Crippen LogP contribution < -0.4 is 4.90 Å². The molecule has 1 heterocycles. The topological polar surface area (TPSA) is 37.4 Å². The second-order valence-electron chi connectivity index (χ2n) is 6.38. The van der Waals surface area contributed by atoms with E-state index in [0.717, 1.165) is 43.0 Å². The second-order valence-corrected chi connectivity index (χ2v) is 7.38. The van der Waals surface area contributed by atoms with Crippen molar-refractivity contribution >= 4 is 34.7 Å². The van der Waals surface area contributed by atoms with Crippen LogP contribution in [0.25, 0.3) is 6.08 Å². The Morgan fingerprint density at radius 3 is 2.19 bits per heavy atom. The van der Waals surface area contributed by atoms with Gasteiger partial charge in [-0.25, -0.2) is 4.90 Å². The Bertz CT molecular complexity index is 822. The largest absolute Gasteiger partial charge is 0.298 e. The number of thioether (sulfide) groups is 1. The summed E-state index contributed by atoms with van der Waals surface area (Å²) in [5.41, 5.74) is 4.05. The number of rotatable bonds is 6. The van der Waals surface area contributed by atoms with Crippen molar-refractivity contribution in [3.8, 4) is 0 Å². The highest BCUT2D eigenvalue weighted by Gasteiger charge is 2.36. The molecule has 2 amide bonds. The van der Waals surface area contributed by atoms with Crippen LogP contribution in [-0.2, 0) is 17.6 Å². The van der Waals surface area contributed by atoms with Gasteiger partial charge < -0.3 is 0 Å². The van der Waals surface area contributed by atoms with Gasteiger partial charge in [-0.3, -0.25) is 9.59 Å². The van der Waals surface area contributed by atoms with E-state index < -0.39 is 0 Å². The number of aryl methyl sites for hydroxylation is 2. The number of benzene rings is 2. The molecule has 2 aromatic rings. The maximum Gasteiger partial charge on any atom is 0.298 e. The van der Waals surface area contributed by atoms with Crippen molar-refractivity contribution in [2.75, 3.05) is 4.90 Å². The summed E-state index contributed by atoms with van der Waals surface area (Å²) < 4.78 is 0. The predicted octanol–water partition coefficient (Wildman–Crippen LogP) is 5.83. The quantitative estimate of drug-likeness (QED) is 0.604. The zero-order chi connectivity index (χ0) is 18.5. The molecule has 0 atom stereocenters. The smallest absolute Gasteiger partial charge is 0.268 e. The molecule has 1 saturated heterocycles. The lowest BCUT2D eigenvalue weighted by atomic mass is 10.1. The normalized spacial score (nSPS) is 15.9. The second kappa shape index (κ2) is 8.37. The van der Waals surface area contributed by atoms with Gasteiger partial charge in [-0.15, -0.1) is 0 Å². The van der Waals surface area contributed by atoms with Gasteiger partial charge in [0.1, 0.15) is 0 Å². The van der Waals surface area contributed by atoms with E-state index in [1.165, 1.54) is 16.0 Å². The third-order valence-corrected chi connectivity index (χ3v) is 5.36. The van der Waals surface area contributed by atoms with E-state index in [-0.39, 0.29) is 11.1 Å². The van der Waals surface area contributed by atoms with Crippen LogP contribution >= 0.6 is 11.8 Å². The molecule has 4 heteroatoms. The van der Waals surface area contributed by atoms with Gasteiger partial charge in [0.2, 0.25) is 0 Å². The molecule has 0 bridgehead atoms. The van der Waals surface area contributed by atoms with Crippen LogP contribution in [-0.4, -0.2) is 11.1 Å². The molecule has 0 saturated carbocycles. The first-order valence-electron chi connectivity index (χ1n) is 9.08. The summed E-state index contributed by atoms with van der Waals surface area (Å²) >= 11 is 0.998. The molecule has 3 nitrogen and oxygen atoms in total. The lowest BCUT2D eigenvalue weighted by Gasteiger charge is -2.13. The summed E-state index contributed by atoms with van der Waals surface area (Å²) in [6.07, 6.45) is 6.08. The van der Waals surface area contributed by atoms with Crippen LogP contribution in [0.5, 0.6) is 0 Å². The maximum atomic E-state index is 12.7. The Morgan fingerprint density at radius 1 is 0.923 bits per heavy atom. The monoisotopic (exact) mass is 365 g/mol. The highest BCUT2D eigenvalue weighted by atomic mass is 32.2. The summed E-state index contributed by atoms with van der Waals surface area (Å²) in [5, 5.41) is -0.243. The fraction of sp³-hybridized carbons (Fsp3) is 0.273. The number of imide groups is 1. The Morgan fingerprint density at radius 2 is 1.58 bits per heavy atom. The van der Waals surface area contributed by atoms with Crippen molar-refractivity contribution in [2.24, 2.45) is 0 Å². The molecule has 1 aliphatic heterocycles. The first-order valence-corrected chi connectivity index (χ1v) is 9.90. The Hall–Kier alpha value is -2.33. The van der Waals surface area contributed by atoms with Crippen LogP contribution in [0.4, 0.5) is 10.5 Å². The molecule has 0 radical (unpaired) electrons. The summed E-state index contributed by atoms with van der Waals surface area (Å²) in [7, 11) is 0. The van der Waals surface area contributed by atoms with Gasteiger partial charge in [0.05, 0.1) is 10.6 Å². The van der Waals surface area contributed by atoms with Crippen LogP contribution in [0.3, 0.4) is 0 Å². The fourth-order valence-electron chi connectivity index (χ4n) is 2.88. The average Bonchev–Trinajstić information content (AvgIpc) is 2.94. The van der Waals surface area contributed by atoms with Gasteiger partial charge in [-0.2, -0.15) is 0 Å². The Labute approximate surface area is 159 Å². The molecular weight excluding hydrogens is 342 g/mol. The molecular formula is C22H23NO2S. The maximum absolute atomic E-state index is 12.7. The number of carbonyl (C=O) groups is 2. The highest BCUT2D eigenvalue weighted by molar-refractivity contribution is 8.19. The van der Waals surface area contributed by atoms with E-state index in [9.17, 15) is 9.59 Å². The molecule has 134 valence electrons. The summed E-state index contributed by atoms with van der Waals surface area (Å²) in [6.45, 7) is 4.27. The van der Waals surface area contributed by atoms with Crippen molar-refractivity contribution in [1.29, 1.82) is 0 Å². The number of hydrogen-bond acceptors (Lipinski definition) is 3. The molecule has 1 fully saturated rings. The first kappa shape index (κ1) is 18.5. The molecule has 2 aromatic carbocycles. The highest BCUT2D eigenvalue weighted by Crippen LogP contribution is 2.35. The molecule has 0 aliphatic carbocycles. The number of nitrogens with zero attached hydrogens (tertiary/aromatic N) is 1. The summed E-state index contributed by atoms with van der Waals surface area (Å²) in [6, 6.07) is 15.8. The van der Waals surface area contributed by atoms with Crippen molar-refractivity contribution in [3.63, 3.8) is 0 Å². The Kier molecular flexibility index (Phi) is 5.94. The van der Waals surface area contributed by atoms with Gasteiger partial charge >= 0.3 is 0 Å². The SMILES string of the molecule is CCCCc1ccc(N2C(=O)S/C(=C\c3ccc(CC)cc3)C2=O)cc1. The summed E-state index contributed by atoms with van der Waals surface area (Å²) in [4.78, 5) is 26.8. The molecule has 0 unspecified atom stereocenters. The number of unbranched alkanes of at least 4 members (excludes halogenated alkanes) is 1. The van der Waals surface area contributed by atoms with E-state index in [4.69, 9.17) is 0 Å². The van der Waals surface area contributed by atoms with E-state index in [0.29, 0.717) is 10.6 Å². The Balaban J connectivity index is 1.78. The number of carbonyl (C=O) groups excluding carboxylic acids is 2. The number of amides is 2. The molecule has 0 aromatic heterocycles. The van der Waals surface area contributed by atoms with Gasteiger partial charge in [0.25, 0.3) is 11.1 Å². The average molecular weight is 365 g/mol. The van der Waals surface area contributed by atoms with Crippen molar-refractivity contribution in [1.82, 2.24) is 0 Å². The molecule has 0 N–H and O–H groups in total. The van der Waals surface area contributed by atoms with Crippen LogP contribution in [0.1, 0.15) is 43.4 Å². The van der Waals surface area contributed by atoms with Crippen molar-refractivity contribution in [3.05, 3.63) is 70.1 Å². The van der Waals surface area contributed by atoms with Crippen molar-refractivity contribution in [2.45, 2.75) is 39.5 Å². The predicted molar refractivity (Wildman–Crippen MR) is 109 cm³/mol. The van der Waals surface area contributed by atoms with Crippen molar-refractivity contribution < 1.29 is 9.59 Å². The standard InChI is InChI=1S/C22H23NO2S/c1-3-5-6-17-11-13-19(14-12-17)23-21(24)20(26-22(23)25)15-18-9-7-16(4-2)8-10-18/h7-15H,3-6H2,1-2H3/b20-15-. The van der Waals surface area contributed by atoms with Crippen LogP contribution in [0.15, 0.2) is 53.4 Å². The van der Waals surface area contributed by atoms with E-state index in [2.05, 4.69) is 13.8 Å². The van der Waals surface area contributed by atoms with Crippen LogP contribution in [0, 0.1) is 0 Å². The molecule has 1 aliphatic rings. The summed E-state index contributed by atoms with van der Waals surface area (Å²) in [5.74, 6) is -0.249. The molecule has 26 heavy (non-hydrogen) atoms. The number of anilines is 1. The minimum absolute atomic E-state index is 0.243. The first-order chi connectivity index (χ1) is 12.6. The zero-order valence-corrected chi connectivity index (χ0v) is 16.0. The fourth-order valence-corrected chi connectivity index (χ4v) is 3.73.